The molecule has 0 bridgehead atoms. The monoisotopic (exact) mass is 300 g/mol. The SMILES string of the molecule is CCN[C@](F)(CS)C(=O)C[C@](F)(CS)C(=O)NC. The molecule has 0 saturated carbocycles. The van der Waals surface area contributed by atoms with E-state index in [2.05, 4.69) is 35.9 Å². The standard InChI is InChI=1S/C10H18F2N2O2S2/c1-3-14-10(12,6-18)7(15)4-9(11,5-17)8(16)13-2/h14,17-18H,3-6H2,1-2H3,(H,13,16)/t9-,10+/m0/s1. The molecule has 4 nitrogen and oxygen atoms in total. The number of nitrogens with one attached hydrogen (secondary N) is 2. The first-order valence-corrected chi connectivity index (χ1v) is 6.66. The van der Waals surface area contributed by atoms with E-state index in [1.165, 1.54) is 7.05 Å². The van der Waals surface area contributed by atoms with E-state index in [0.29, 0.717) is 0 Å². The van der Waals surface area contributed by atoms with Gasteiger partial charge in [-0.25, -0.2) is 8.78 Å². The number of hydrogen-bond acceptors (Lipinski definition) is 5. The summed E-state index contributed by atoms with van der Waals surface area (Å²) >= 11 is 7.42. The summed E-state index contributed by atoms with van der Waals surface area (Å²) in [5.41, 5.74) is -2.52. The Bertz CT molecular complexity index is 320. The van der Waals surface area contributed by atoms with E-state index >= 15 is 0 Å². The minimum absolute atomic E-state index is 0.183. The molecule has 0 spiro atoms. The van der Waals surface area contributed by atoms with Crippen LogP contribution in [0.3, 0.4) is 0 Å². The number of carbonyl (C=O) groups is 2. The summed E-state index contributed by atoms with van der Waals surface area (Å²) in [6.45, 7) is 1.79. The summed E-state index contributed by atoms with van der Waals surface area (Å²) in [4.78, 5) is 23.1. The zero-order chi connectivity index (χ0) is 14.4. The summed E-state index contributed by atoms with van der Waals surface area (Å²) in [6.07, 6.45) is -0.889. The molecule has 0 heterocycles. The first-order valence-electron chi connectivity index (χ1n) is 5.39. The fourth-order valence-corrected chi connectivity index (χ4v) is 1.89. The Morgan fingerprint density at radius 1 is 1.22 bits per heavy atom. The number of rotatable bonds is 8. The van der Waals surface area contributed by atoms with Crippen molar-refractivity contribution in [2.24, 2.45) is 0 Å². The minimum Gasteiger partial charge on any atom is -0.356 e. The highest BCUT2D eigenvalue weighted by molar-refractivity contribution is 7.80. The highest BCUT2D eigenvalue weighted by atomic mass is 32.1. The zero-order valence-corrected chi connectivity index (χ0v) is 12.1. The first-order chi connectivity index (χ1) is 8.29. The van der Waals surface area contributed by atoms with Crippen LogP contribution in [0.15, 0.2) is 0 Å². The highest BCUT2D eigenvalue weighted by Gasteiger charge is 2.45. The molecule has 0 aromatic carbocycles. The lowest BCUT2D eigenvalue weighted by molar-refractivity contribution is -0.141. The third kappa shape index (κ3) is 4.10. The number of alkyl halides is 2. The van der Waals surface area contributed by atoms with Crippen LogP contribution in [0, 0.1) is 0 Å². The minimum atomic E-state index is -2.52. The third-order valence-electron chi connectivity index (χ3n) is 2.44. The van der Waals surface area contributed by atoms with Gasteiger partial charge in [-0.3, -0.25) is 14.9 Å². The number of ketones is 1. The van der Waals surface area contributed by atoms with E-state index < -0.39 is 41.1 Å². The largest absolute Gasteiger partial charge is 0.356 e. The third-order valence-corrected chi connectivity index (χ3v) is 3.38. The number of likely N-dealkylation sites (N-methyl/N-ethyl adjacent to an activating group) is 1. The van der Waals surface area contributed by atoms with Crippen molar-refractivity contribution >= 4 is 36.9 Å². The second kappa shape index (κ2) is 7.30. The van der Waals surface area contributed by atoms with Gasteiger partial charge in [-0.05, 0) is 6.54 Å². The number of halogens is 2. The van der Waals surface area contributed by atoms with Crippen molar-refractivity contribution < 1.29 is 18.4 Å². The van der Waals surface area contributed by atoms with Crippen LogP contribution in [0.25, 0.3) is 0 Å². The van der Waals surface area contributed by atoms with Gasteiger partial charge in [0, 0.05) is 18.6 Å². The lowest BCUT2D eigenvalue weighted by Crippen LogP contribution is -2.54. The number of thiol groups is 2. The van der Waals surface area contributed by atoms with Crippen molar-refractivity contribution in [1.82, 2.24) is 10.6 Å². The van der Waals surface area contributed by atoms with Crippen LogP contribution in [0.5, 0.6) is 0 Å². The Morgan fingerprint density at radius 3 is 2.11 bits per heavy atom. The predicted molar refractivity (Wildman–Crippen MR) is 72.8 cm³/mol. The van der Waals surface area contributed by atoms with Crippen molar-refractivity contribution in [3.05, 3.63) is 0 Å². The van der Waals surface area contributed by atoms with Gasteiger partial charge in [0.15, 0.2) is 5.78 Å². The molecule has 0 aliphatic carbocycles. The fourth-order valence-electron chi connectivity index (χ4n) is 1.35. The molecule has 0 rings (SSSR count). The number of carbonyl (C=O) groups excluding carboxylic acids is 2. The smallest absolute Gasteiger partial charge is 0.258 e. The van der Waals surface area contributed by atoms with Crippen molar-refractivity contribution in [2.45, 2.75) is 24.8 Å². The Labute approximate surface area is 116 Å². The van der Waals surface area contributed by atoms with Crippen molar-refractivity contribution in [3.8, 4) is 0 Å². The van der Waals surface area contributed by atoms with E-state index in [1.54, 1.807) is 6.92 Å². The normalized spacial score (nSPS) is 17.7. The maximum absolute atomic E-state index is 14.1. The number of Topliss-reactive ketones (excluding diaryl/α,β-unsaturated/α-hetero) is 1. The molecule has 8 heteroatoms. The van der Waals surface area contributed by atoms with Crippen LogP contribution in [0.1, 0.15) is 13.3 Å². The second-order valence-corrected chi connectivity index (χ2v) is 4.42. The molecule has 0 unspecified atom stereocenters. The fraction of sp³-hybridized carbons (Fsp3) is 0.800. The molecule has 0 saturated heterocycles. The van der Waals surface area contributed by atoms with Crippen LogP contribution in [0.4, 0.5) is 8.78 Å². The summed E-state index contributed by atoms with van der Waals surface area (Å²) in [5.74, 6) is -5.43. The lowest BCUT2D eigenvalue weighted by Gasteiger charge is -2.27. The van der Waals surface area contributed by atoms with Crippen LogP contribution in [0.2, 0.25) is 0 Å². The van der Waals surface area contributed by atoms with E-state index in [9.17, 15) is 18.4 Å². The van der Waals surface area contributed by atoms with Gasteiger partial charge in [0.25, 0.3) is 5.91 Å². The molecule has 0 aromatic heterocycles. The van der Waals surface area contributed by atoms with Gasteiger partial charge in [0.05, 0.1) is 6.42 Å². The van der Waals surface area contributed by atoms with Gasteiger partial charge >= 0.3 is 0 Å². The Hall–Kier alpha value is -0.340. The molecule has 0 fully saturated rings. The molecule has 18 heavy (non-hydrogen) atoms. The maximum Gasteiger partial charge on any atom is 0.258 e. The molecule has 106 valence electrons. The Morgan fingerprint density at radius 2 is 1.78 bits per heavy atom. The van der Waals surface area contributed by atoms with Crippen LogP contribution in [-0.4, -0.2) is 48.3 Å². The van der Waals surface area contributed by atoms with E-state index in [-0.39, 0.29) is 6.54 Å². The lowest BCUT2D eigenvalue weighted by atomic mass is 9.95. The van der Waals surface area contributed by atoms with Crippen molar-refractivity contribution in [3.63, 3.8) is 0 Å². The molecular weight excluding hydrogens is 282 g/mol. The first kappa shape index (κ1) is 17.7. The van der Waals surface area contributed by atoms with Gasteiger partial charge in [-0.15, -0.1) is 0 Å². The average Bonchev–Trinajstić information content (AvgIpc) is 2.37. The molecule has 0 aromatic rings. The molecule has 2 N–H and O–H groups in total. The summed E-state index contributed by atoms with van der Waals surface area (Å²) in [7, 11) is 1.23. The Kier molecular flexibility index (Phi) is 7.16. The quantitative estimate of drug-likeness (QED) is 0.391. The highest BCUT2D eigenvalue weighted by Crippen LogP contribution is 2.24. The van der Waals surface area contributed by atoms with E-state index in [4.69, 9.17) is 0 Å². The number of hydrogen-bond donors (Lipinski definition) is 4. The predicted octanol–water partition coefficient (Wildman–Crippen LogP) is 0.535. The molecule has 1 amide bonds. The molecule has 0 aliphatic rings. The van der Waals surface area contributed by atoms with Gasteiger partial charge in [0.2, 0.25) is 11.5 Å². The average molecular weight is 300 g/mol. The van der Waals surface area contributed by atoms with Gasteiger partial charge in [-0.2, -0.15) is 25.3 Å². The van der Waals surface area contributed by atoms with Gasteiger partial charge in [-0.1, -0.05) is 6.92 Å². The zero-order valence-electron chi connectivity index (χ0n) is 10.3. The molecule has 2 atom stereocenters. The van der Waals surface area contributed by atoms with E-state index in [0.717, 1.165) is 0 Å². The van der Waals surface area contributed by atoms with Crippen LogP contribution >= 0.6 is 25.3 Å². The summed E-state index contributed by atoms with van der Waals surface area (Å²) in [5, 5.41) is 4.38. The Balaban J connectivity index is 4.95. The molecule has 0 aliphatic heterocycles. The molecular formula is C10H18F2N2O2S2. The maximum atomic E-state index is 14.1. The second-order valence-electron chi connectivity index (χ2n) is 3.79. The van der Waals surface area contributed by atoms with Crippen LogP contribution in [-0.2, 0) is 9.59 Å². The van der Waals surface area contributed by atoms with Gasteiger partial charge < -0.3 is 5.32 Å². The molecule has 0 radical (unpaired) electrons. The van der Waals surface area contributed by atoms with Gasteiger partial charge in [0.1, 0.15) is 0 Å². The van der Waals surface area contributed by atoms with Crippen molar-refractivity contribution in [1.29, 1.82) is 0 Å². The summed E-state index contributed by atoms with van der Waals surface area (Å²) in [6, 6.07) is 0. The van der Waals surface area contributed by atoms with Crippen LogP contribution < -0.4 is 10.6 Å². The van der Waals surface area contributed by atoms with E-state index in [1.807, 2.05) is 0 Å². The summed E-state index contributed by atoms with van der Waals surface area (Å²) < 4.78 is 28.2. The topological polar surface area (TPSA) is 58.2 Å². The van der Waals surface area contributed by atoms with Crippen molar-refractivity contribution in [2.75, 3.05) is 25.1 Å². The number of amides is 1.